The molecule has 0 saturated heterocycles. The van der Waals surface area contributed by atoms with Crippen molar-refractivity contribution in [3.05, 3.63) is 54.6 Å². The average molecular weight is 250 g/mol. The molecule has 0 N–H and O–H groups in total. The Hall–Kier alpha value is -1.76. The topological polar surface area (TPSA) is 9.23 Å². The van der Waals surface area contributed by atoms with Crippen LogP contribution in [0.25, 0.3) is 10.8 Å². The van der Waals surface area contributed by atoms with Gasteiger partial charge in [-0.05, 0) is 42.0 Å². The van der Waals surface area contributed by atoms with Crippen LogP contribution in [0.3, 0.4) is 0 Å². The monoisotopic (exact) mass is 250 g/mol. The lowest BCUT2D eigenvalue weighted by Gasteiger charge is -2.19. The van der Waals surface area contributed by atoms with Crippen LogP contribution in [-0.4, -0.2) is 6.61 Å². The first-order chi connectivity index (χ1) is 9.40. The van der Waals surface area contributed by atoms with Gasteiger partial charge in [-0.25, -0.2) is 0 Å². The maximum absolute atomic E-state index is 6.12. The summed E-state index contributed by atoms with van der Waals surface area (Å²) in [6.45, 7) is 0.861. The van der Waals surface area contributed by atoms with Crippen LogP contribution < -0.4 is 4.74 Å². The Morgan fingerprint density at radius 2 is 1.84 bits per heavy atom. The molecule has 96 valence electrons. The molecule has 0 amide bonds. The second-order valence-corrected chi connectivity index (χ2v) is 5.83. The number of fused-ring (bicyclic) bond motifs is 3. The Kier molecular flexibility index (Phi) is 2.58. The molecule has 2 aliphatic rings. The highest BCUT2D eigenvalue weighted by atomic mass is 16.5. The van der Waals surface area contributed by atoms with Crippen LogP contribution in [0.15, 0.2) is 54.6 Å². The molecule has 2 aromatic carbocycles. The largest absolute Gasteiger partial charge is 0.493 e. The number of allylic oxidation sites excluding steroid dienone is 2. The van der Waals surface area contributed by atoms with Crippen molar-refractivity contribution in [1.29, 1.82) is 0 Å². The van der Waals surface area contributed by atoms with E-state index in [1.807, 2.05) is 0 Å². The highest BCUT2D eigenvalue weighted by Gasteiger charge is 2.35. The minimum Gasteiger partial charge on any atom is -0.493 e. The van der Waals surface area contributed by atoms with Gasteiger partial charge in [0.2, 0.25) is 0 Å². The predicted molar refractivity (Wildman–Crippen MR) is 78.3 cm³/mol. The third-order valence-electron chi connectivity index (χ3n) is 4.62. The fourth-order valence-electron chi connectivity index (χ4n) is 3.60. The Balaban J connectivity index is 1.54. The molecule has 3 unspecified atom stereocenters. The van der Waals surface area contributed by atoms with Gasteiger partial charge in [-0.15, -0.1) is 0 Å². The van der Waals surface area contributed by atoms with Crippen LogP contribution >= 0.6 is 0 Å². The van der Waals surface area contributed by atoms with Crippen molar-refractivity contribution in [2.24, 2.45) is 17.8 Å². The van der Waals surface area contributed by atoms with Crippen LogP contribution in [0.5, 0.6) is 5.75 Å². The molecule has 0 heterocycles. The first-order valence-corrected chi connectivity index (χ1v) is 7.19. The number of benzene rings is 2. The zero-order chi connectivity index (χ0) is 12.7. The molecule has 4 rings (SSSR count). The first-order valence-electron chi connectivity index (χ1n) is 7.19. The lowest BCUT2D eigenvalue weighted by Crippen LogP contribution is -2.16. The van der Waals surface area contributed by atoms with Crippen molar-refractivity contribution in [2.75, 3.05) is 6.61 Å². The second-order valence-electron chi connectivity index (χ2n) is 5.83. The van der Waals surface area contributed by atoms with E-state index in [-0.39, 0.29) is 0 Å². The van der Waals surface area contributed by atoms with Crippen molar-refractivity contribution in [3.63, 3.8) is 0 Å². The predicted octanol–water partition coefficient (Wildman–Crippen LogP) is 4.43. The van der Waals surface area contributed by atoms with Gasteiger partial charge in [0.15, 0.2) is 0 Å². The summed E-state index contributed by atoms with van der Waals surface area (Å²) in [4.78, 5) is 0. The van der Waals surface area contributed by atoms with E-state index in [0.29, 0.717) is 5.92 Å². The van der Waals surface area contributed by atoms with E-state index in [0.717, 1.165) is 24.2 Å². The van der Waals surface area contributed by atoms with Crippen LogP contribution in [0.4, 0.5) is 0 Å². The maximum Gasteiger partial charge on any atom is 0.127 e. The van der Waals surface area contributed by atoms with Crippen molar-refractivity contribution in [1.82, 2.24) is 0 Å². The number of hydrogen-bond acceptors (Lipinski definition) is 1. The summed E-state index contributed by atoms with van der Waals surface area (Å²) in [5, 5.41) is 2.48. The smallest absolute Gasteiger partial charge is 0.127 e. The van der Waals surface area contributed by atoms with Crippen LogP contribution in [0, 0.1) is 17.8 Å². The zero-order valence-electron chi connectivity index (χ0n) is 11.0. The SMILES string of the molecule is C1=CC2CC1CC2COc1cccc2ccccc12. The normalized spacial score (nSPS) is 28.1. The van der Waals surface area contributed by atoms with Crippen LogP contribution in [0.1, 0.15) is 12.8 Å². The third kappa shape index (κ3) is 1.94. The molecule has 2 bridgehead atoms. The molecule has 0 spiro atoms. The van der Waals surface area contributed by atoms with Gasteiger partial charge in [0.1, 0.15) is 5.75 Å². The van der Waals surface area contributed by atoms with Crippen molar-refractivity contribution in [3.8, 4) is 5.75 Å². The summed E-state index contributed by atoms with van der Waals surface area (Å²) in [5.74, 6) is 3.34. The van der Waals surface area contributed by atoms with Gasteiger partial charge in [0.25, 0.3) is 0 Å². The summed E-state index contributed by atoms with van der Waals surface area (Å²) in [6.07, 6.45) is 7.44. The highest BCUT2D eigenvalue weighted by molar-refractivity contribution is 5.88. The standard InChI is InChI=1S/C18H18O/c1-2-6-17-14(4-1)5-3-7-18(17)19-12-16-11-13-8-9-15(16)10-13/h1-9,13,15-16H,10-12H2. The molecule has 1 heteroatoms. The minimum absolute atomic E-state index is 0.717. The third-order valence-corrected chi connectivity index (χ3v) is 4.62. The molecule has 0 aromatic heterocycles. The van der Waals surface area contributed by atoms with Gasteiger partial charge in [-0.3, -0.25) is 0 Å². The average Bonchev–Trinajstić information content (AvgIpc) is 3.07. The van der Waals surface area contributed by atoms with Crippen LogP contribution in [0.2, 0.25) is 0 Å². The zero-order valence-corrected chi connectivity index (χ0v) is 11.0. The van der Waals surface area contributed by atoms with E-state index in [1.165, 1.54) is 23.6 Å². The molecule has 0 radical (unpaired) electrons. The van der Waals surface area contributed by atoms with E-state index in [1.54, 1.807) is 0 Å². The van der Waals surface area contributed by atoms with E-state index in [4.69, 9.17) is 4.74 Å². The summed E-state index contributed by atoms with van der Waals surface area (Å²) >= 11 is 0. The lowest BCUT2D eigenvalue weighted by molar-refractivity contribution is 0.230. The lowest BCUT2D eigenvalue weighted by atomic mass is 9.94. The molecule has 2 aliphatic carbocycles. The summed E-state index contributed by atoms with van der Waals surface area (Å²) < 4.78 is 6.12. The molecule has 1 nitrogen and oxygen atoms in total. The molecule has 1 fully saturated rings. The van der Waals surface area contributed by atoms with Gasteiger partial charge in [-0.2, -0.15) is 0 Å². The molecular formula is C18H18O. The van der Waals surface area contributed by atoms with E-state index in [2.05, 4.69) is 54.6 Å². The fourth-order valence-corrected chi connectivity index (χ4v) is 3.60. The summed E-state index contributed by atoms with van der Waals surface area (Å²) in [6, 6.07) is 14.8. The molecule has 3 atom stereocenters. The van der Waals surface area contributed by atoms with Gasteiger partial charge >= 0.3 is 0 Å². The molecule has 19 heavy (non-hydrogen) atoms. The van der Waals surface area contributed by atoms with Gasteiger partial charge in [0.05, 0.1) is 6.61 Å². The van der Waals surface area contributed by atoms with Crippen molar-refractivity contribution >= 4 is 10.8 Å². The molecule has 2 aromatic rings. The summed E-state index contributed by atoms with van der Waals surface area (Å²) in [5.41, 5.74) is 0. The van der Waals surface area contributed by atoms with Gasteiger partial charge in [0, 0.05) is 5.39 Å². The maximum atomic E-state index is 6.12. The van der Waals surface area contributed by atoms with Gasteiger partial charge < -0.3 is 4.74 Å². The summed E-state index contributed by atoms with van der Waals surface area (Å²) in [7, 11) is 0. The Bertz CT molecular complexity index is 623. The Morgan fingerprint density at radius 3 is 2.68 bits per heavy atom. The molecule has 0 aliphatic heterocycles. The van der Waals surface area contributed by atoms with Gasteiger partial charge in [-0.1, -0.05) is 48.6 Å². The quantitative estimate of drug-likeness (QED) is 0.732. The van der Waals surface area contributed by atoms with E-state index >= 15 is 0 Å². The van der Waals surface area contributed by atoms with Crippen molar-refractivity contribution < 1.29 is 4.74 Å². The molecular weight excluding hydrogens is 232 g/mol. The Morgan fingerprint density at radius 1 is 0.947 bits per heavy atom. The van der Waals surface area contributed by atoms with E-state index < -0.39 is 0 Å². The van der Waals surface area contributed by atoms with E-state index in [9.17, 15) is 0 Å². The fraction of sp³-hybridized carbons (Fsp3) is 0.333. The highest BCUT2D eigenvalue weighted by Crippen LogP contribution is 2.43. The second kappa shape index (κ2) is 4.41. The number of hydrogen-bond donors (Lipinski definition) is 0. The first kappa shape index (κ1) is 11.1. The molecule has 1 saturated carbocycles. The van der Waals surface area contributed by atoms with Crippen molar-refractivity contribution in [2.45, 2.75) is 12.8 Å². The number of ether oxygens (including phenoxy) is 1. The Labute approximate surface area is 113 Å². The number of rotatable bonds is 3. The van der Waals surface area contributed by atoms with Crippen LogP contribution in [-0.2, 0) is 0 Å². The minimum atomic E-state index is 0.717.